The third-order valence-electron chi connectivity index (χ3n) is 12.3. The maximum atomic E-state index is 13.8. The number of anilines is 1. The molecule has 0 bridgehead atoms. The van der Waals surface area contributed by atoms with Crippen LogP contribution < -0.4 is 31.0 Å². The number of nitrogens with zero attached hydrogens (tertiary/aromatic N) is 5. The molecule has 4 amide bonds. The Hall–Kier alpha value is -5.02. The lowest BCUT2D eigenvalue weighted by Crippen LogP contribution is -2.74. The van der Waals surface area contributed by atoms with Crippen LogP contribution in [0.25, 0.3) is 0 Å². The molecule has 6 rings (SSSR count). The molecule has 3 atom stereocenters. The van der Waals surface area contributed by atoms with Crippen molar-refractivity contribution in [1.29, 1.82) is 5.26 Å². The van der Waals surface area contributed by atoms with E-state index in [1.807, 2.05) is 6.07 Å². The molecule has 2 aromatic carbocycles. The third kappa shape index (κ3) is 11.3. The zero-order valence-corrected chi connectivity index (χ0v) is 38.9. The Labute approximate surface area is 384 Å². The largest absolute Gasteiger partial charge is 0.489 e. The van der Waals surface area contributed by atoms with Crippen molar-refractivity contribution in [3.8, 4) is 11.8 Å². The quantitative estimate of drug-likeness (QED) is 0.136. The number of carbonyl (C=O) groups is 4. The van der Waals surface area contributed by atoms with E-state index >= 15 is 0 Å². The smallest absolute Gasteiger partial charge is 0.260 e. The number of benzene rings is 2. The van der Waals surface area contributed by atoms with E-state index < -0.39 is 52.3 Å². The molecule has 18 heteroatoms. The average molecular weight is 921 g/mol. The molecule has 0 spiro atoms. The van der Waals surface area contributed by atoms with Gasteiger partial charge in [0.15, 0.2) is 0 Å². The highest BCUT2D eigenvalue weighted by Crippen LogP contribution is 2.55. The molecule has 64 heavy (non-hydrogen) atoms. The number of carbonyl (C=O) groups excluding carboxylic acids is 4. The zero-order valence-electron chi connectivity index (χ0n) is 37.4. The number of rotatable bonds is 15. The summed E-state index contributed by atoms with van der Waals surface area (Å²) in [7, 11) is 0. The number of hydrogen-bond acceptors (Lipinski definition) is 12. The number of aliphatic hydroxyl groups excluding tert-OH is 1. The van der Waals surface area contributed by atoms with Gasteiger partial charge < -0.3 is 35.4 Å². The van der Waals surface area contributed by atoms with Crippen LogP contribution in [-0.2, 0) is 25.7 Å². The number of piperazine rings is 1. The summed E-state index contributed by atoms with van der Waals surface area (Å²) in [5, 5.41) is 30.4. The van der Waals surface area contributed by atoms with Gasteiger partial charge in [-0.3, -0.25) is 29.1 Å². The molecule has 3 fully saturated rings. The average Bonchev–Trinajstić information content (AvgIpc) is 3.66. The summed E-state index contributed by atoms with van der Waals surface area (Å²) in [5.41, 5.74) is 2.82. The van der Waals surface area contributed by atoms with E-state index in [2.05, 4.69) is 69.9 Å². The van der Waals surface area contributed by atoms with Crippen LogP contribution in [0.2, 0.25) is 10.0 Å². The van der Waals surface area contributed by atoms with E-state index in [4.69, 9.17) is 32.7 Å². The molecule has 0 radical (unpaired) electrons. The van der Waals surface area contributed by atoms with Gasteiger partial charge in [-0.2, -0.15) is 5.26 Å². The van der Waals surface area contributed by atoms with E-state index in [0.717, 1.165) is 29.5 Å². The molecule has 2 saturated heterocycles. The molecule has 5 N–H and O–H groups in total. The normalized spacial score (nSPS) is 22.1. The van der Waals surface area contributed by atoms with E-state index in [9.17, 15) is 29.5 Å². The monoisotopic (exact) mass is 919 g/mol. The van der Waals surface area contributed by atoms with Gasteiger partial charge in [0.05, 0.1) is 22.8 Å². The van der Waals surface area contributed by atoms with Gasteiger partial charge in [0.2, 0.25) is 11.8 Å². The van der Waals surface area contributed by atoms with E-state index in [0.29, 0.717) is 53.2 Å². The number of hydrazine groups is 1. The summed E-state index contributed by atoms with van der Waals surface area (Å²) in [6.45, 7) is 17.4. The summed E-state index contributed by atoms with van der Waals surface area (Å²) in [6, 6.07) is 15.5. The van der Waals surface area contributed by atoms with E-state index in [-0.39, 0.29) is 37.6 Å². The molecular weight excluding hydrogens is 861 g/mol. The molecule has 2 aliphatic heterocycles. The summed E-state index contributed by atoms with van der Waals surface area (Å²) in [6.07, 6.45) is 0.247. The second-order valence-corrected chi connectivity index (χ2v) is 19.7. The predicted octanol–water partition coefficient (Wildman–Crippen LogP) is 4.28. The number of hydrogen-bond donors (Lipinski definition) is 5. The van der Waals surface area contributed by atoms with Gasteiger partial charge in [0, 0.05) is 79.8 Å². The minimum Gasteiger partial charge on any atom is -0.489 e. The molecule has 1 saturated carbocycles. The number of pyridine rings is 1. The van der Waals surface area contributed by atoms with Crippen LogP contribution in [0.3, 0.4) is 0 Å². The lowest BCUT2D eigenvalue weighted by atomic mass is 9.49. The first kappa shape index (κ1) is 48.4. The maximum absolute atomic E-state index is 13.8. The first-order valence-electron chi connectivity index (χ1n) is 21.5. The second-order valence-electron chi connectivity index (χ2n) is 18.9. The van der Waals surface area contributed by atoms with Gasteiger partial charge in [0.25, 0.3) is 11.8 Å². The summed E-state index contributed by atoms with van der Waals surface area (Å²) in [5.74, 6) is -0.349. The van der Waals surface area contributed by atoms with Crippen molar-refractivity contribution in [1.82, 2.24) is 36.3 Å². The molecule has 3 aromatic rings. The Morgan fingerprint density at radius 1 is 1.00 bits per heavy atom. The molecule has 16 nitrogen and oxygen atoms in total. The lowest BCUT2D eigenvalue weighted by molar-refractivity contribution is -0.164. The molecule has 0 unspecified atom stereocenters. The van der Waals surface area contributed by atoms with Crippen LogP contribution in [0, 0.1) is 27.6 Å². The summed E-state index contributed by atoms with van der Waals surface area (Å²) in [4.78, 5) is 62.6. The first-order valence-corrected chi connectivity index (χ1v) is 22.2. The maximum Gasteiger partial charge on any atom is 0.260 e. The van der Waals surface area contributed by atoms with Crippen molar-refractivity contribution in [2.45, 2.75) is 91.9 Å². The van der Waals surface area contributed by atoms with Crippen LogP contribution in [0.5, 0.6) is 5.75 Å². The zero-order chi connectivity index (χ0) is 46.6. The predicted molar refractivity (Wildman–Crippen MR) is 242 cm³/mol. The molecule has 344 valence electrons. The number of nitriles is 1. The minimum absolute atomic E-state index is 0.0148. The standard InChI is InChI=1S/C46H59Cl2N9O7/c1-44(2,3)38(41(62)57-34(23-36(58)54-57)40(61)51-25-28-8-12-31(47)13-9-28)52-37(59)27-63-21-20-55-16-18-56(19-17-55)35-15-11-30(26-50-35)39(60)53-42-45(4,5)43(46(42,6)7)64-32-14-10-29(24-49)33(48)22-32/h8-15,22,26,34,36,38,42-43,54,58H,16-21,23,25,27H2,1-7H3,(H,51,61)(H,52,59)(H,53,60)/t34-,36+,38+,42?,43?/m0/s1. The highest BCUT2D eigenvalue weighted by Gasteiger charge is 2.64. The van der Waals surface area contributed by atoms with Crippen molar-refractivity contribution in [3.05, 3.63) is 87.5 Å². The van der Waals surface area contributed by atoms with Crippen LogP contribution in [0.1, 0.15) is 76.4 Å². The van der Waals surface area contributed by atoms with Crippen molar-refractivity contribution < 1.29 is 33.8 Å². The van der Waals surface area contributed by atoms with Crippen molar-refractivity contribution in [3.63, 3.8) is 0 Å². The third-order valence-corrected chi connectivity index (χ3v) is 12.9. The van der Waals surface area contributed by atoms with E-state index in [1.54, 1.807) is 75.5 Å². The first-order chi connectivity index (χ1) is 30.2. The summed E-state index contributed by atoms with van der Waals surface area (Å²) >= 11 is 12.2. The fraction of sp³-hybridized carbons (Fsp3) is 0.522. The van der Waals surface area contributed by atoms with Gasteiger partial charge in [-0.05, 0) is 47.4 Å². The summed E-state index contributed by atoms with van der Waals surface area (Å²) < 4.78 is 12.1. The second kappa shape index (κ2) is 20.0. The number of halogens is 2. The van der Waals surface area contributed by atoms with Gasteiger partial charge in [-0.25, -0.2) is 10.4 Å². The van der Waals surface area contributed by atoms with Crippen LogP contribution in [-0.4, -0.2) is 120 Å². The number of aromatic nitrogens is 1. The Bertz CT molecular complexity index is 2190. The Morgan fingerprint density at radius 2 is 1.69 bits per heavy atom. The molecular formula is C46H59Cl2N9O7. The van der Waals surface area contributed by atoms with Crippen LogP contribution >= 0.6 is 23.2 Å². The lowest BCUT2D eigenvalue weighted by Gasteiger charge is -2.63. The van der Waals surface area contributed by atoms with Gasteiger partial charge in [0.1, 0.15) is 48.7 Å². The van der Waals surface area contributed by atoms with Crippen molar-refractivity contribution >= 4 is 52.6 Å². The Morgan fingerprint density at radius 3 is 2.30 bits per heavy atom. The highest BCUT2D eigenvalue weighted by atomic mass is 35.5. The highest BCUT2D eigenvalue weighted by molar-refractivity contribution is 6.31. The minimum atomic E-state index is -1.12. The molecule has 3 heterocycles. The number of ether oxygens (including phenoxy) is 2. The number of aliphatic hydroxyl groups is 1. The van der Waals surface area contributed by atoms with Crippen LogP contribution in [0.4, 0.5) is 5.82 Å². The van der Waals surface area contributed by atoms with Gasteiger partial charge in [-0.15, -0.1) is 0 Å². The SMILES string of the molecule is CC1(C)C(NC(=O)c2ccc(N3CCN(CCOCC(=O)N[C@H](C(=O)N4N[C@H](O)C[C@H]4C(=O)NCc4ccc(Cl)cc4)C(C)(C)C)CC3)nc2)C(C)(C)C1Oc1ccc(C#N)c(Cl)c1. The topological polar surface area (TPSA) is 201 Å². The Balaban J connectivity index is 0.916. The fourth-order valence-corrected chi connectivity index (χ4v) is 9.38. The van der Waals surface area contributed by atoms with Crippen molar-refractivity contribution in [2.75, 3.05) is 50.8 Å². The number of nitrogens with one attached hydrogen (secondary N) is 4. The molecule has 1 aliphatic carbocycles. The van der Waals surface area contributed by atoms with Crippen LogP contribution in [0.15, 0.2) is 60.8 Å². The fourth-order valence-electron chi connectivity index (χ4n) is 9.04. The van der Waals surface area contributed by atoms with Gasteiger partial charge >= 0.3 is 0 Å². The number of amides is 4. The van der Waals surface area contributed by atoms with Crippen molar-refractivity contribution in [2.24, 2.45) is 16.2 Å². The Kier molecular flexibility index (Phi) is 15.1. The molecule has 1 aromatic heterocycles. The molecule has 3 aliphatic rings. The van der Waals surface area contributed by atoms with Gasteiger partial charge in [-0.1, -0.05) is 83.8 Å². The van der Waals surface area contributed by atoms with E-state index in [1.165, 1.54) is 0 Å².